The molecule has 0 unspecified atom stereocenters. The van der Waals surface area contributed by atoms with Crippen molar-refractivity contribution in [3.8, 4) is 10.6 Å². The molecule has 0 bridgehead atoms. The van der Waals surface area contributed by atoms with Crippen molar-refractivity contribution in [2.24, 2.45) is 5.41 Å². The van der Waals surface area contributed by atoms with E-state index in [0.717, 1.165) is 22.0 Å². The van der Waals surface area contributed by atoms with Crippen molar-refractivity contribution in [1.29, 1.82) is 0 Å². The second kappa shape index (κ2) is 4.41. The first-order valence-electron chi connectivity index (χ1n) is 5.48. The van der Waals surface area contributed by atoms with Crippen molar-refractivity contribution in [1.82, 2.24) is 15.2 Å². The lowest BCUT2D eigenvalue weighted by atomic mass is 9.93. The number of rotatable bonds is 2. The van der Waals surface area contributed by atoms with Gasteiger partial charge in [-0.05, 0) is 17.5 Å². The van der Waals surface area contributed by atoms with Gasteiger partial charge in [0, 0.05) is 18.2 Å². The van der Waals surface area contributed by atoms with Gasteiger partial charge in [0.05, 0.1) is 0 Å². The van der Waals surface area contributed by atoms with E-state index in [4.69, 9.17) is 5.73 Å². The van der Waals surface area contributed by atoms with Crippen LogP contribution in [-0.2, 0) is 6.42 Å². The average molecular weight is 248 g/mol. The first-order chi connectivity index (χ1) is 7.94. The predicted molar refractivity (Wildman–Crippen MR) is 70.7 cm³/mol. The van der Waals surface area contributed by atoms with Gasteiger partial charge in [-0.2, -0.15) is 0 Å². The second-order valence-electron chi connectivity index (χ2n) is 5.21. The minimum Gasteiger partial charge on any atom is -0.384 e. The first-order valence-corrected chi connectivity index (χ1v) is 6.30. The van der Waals surface area contributed by atoms with Crippen LogP contribution in [0.15, 0.2) is 18.3 Å². The summed E-state index contributed by atoms with van der Waals surface area (Å²) in [5, 5.41) is 10.4. The maximum atomic E-state index is 5.55. The molecule has 0 saturated carbocycles. The van der Waals surface area contributed by atoms with Crippen LogP contribution in [0.5, 0.6) is 0 Å². The van der Waals surface area contributed by atoms with Gasteiger partial charge >= 0.3 is 0 Å². The number of hydrogen-bond acceptors (Lipinski definition) is 5. The van der Waals surface area contributed by atoms with Crippen molar-refractivity contribution in [3.63, 3.8) is 0 Å². The SMILES string of the molecule is CC(C)(C)Cc1nnc(-c2ccc(N)nc2)s1. The first kappa shape index (κ1) is 12.0. The molecule has 0 saturated heterocycles. The van der Waals surface area contributed by atoms with Crippen LogP contribution in [-0.4, -0.2) is 15.2 Å². The van der Waals surface area contributed by atoms with Gasteiger partial charge in [0.1, 0.15) is 15.8 Å². The summed E-state index contributed by atoms with van der Waals surface area (Å²) in [4.78, 5) is 4.06. The van der Waals surface area contributed by atoms with Crippen molar-refractivity contribution in [2.45, 2.75) is 27.2 Å². The average Bonchev–Trinajstić information content (AvgIpc) is 2.64. The Balaban J connectivity index is 2.21. The summed E-state index contributed by atoms with van der Waals surface area (Å²) in [6.45, 7) is 6.58. The van der Waals surface area contributed by atoms with Crippen LogP contribution < -0.4 is 5.73 Å². The molecule has 4 nitrogen and oxygen atoms in total. The van der Waals surface area contributed by atoms with Gasteiger partial charge in [-0.3, -0.25) is 0 Å². The standard InChI is InChI=1S/C12H16N4S/c1-12(2,3)6-10-15-16-11(17-10)8-4-5-9(13)14-7-8/h4-5,7H,6H2,1-3H3,(H2,13,14). The van der Waals surface area contributed by atoms with E-state index in [9.17, 15) is 0 Å². The number of nitrogens with two attached hydrogens (primary N) is 1. The highest BCUT2D eigenvalue weighted by molar-refractivity contribution is 7.14. The van der Waals surface area contributed by atoms with E-state index in [1.54, 1.807) is 23.6 Å². The maximum absolute atomic E-state index is 5.55. The molecule has 0 spiro atoms. The molecular formula is C12H16N4S. The third-order valence-corrected chi connectivity index (χ3v) is 3.15. The molecule has 2 aromatic heterocycles. The largest absolute Gasteiger partial charge is 0.384 e. The molecule has 5 heteroatoms. The molecule has 2 rings (SSSR count). The van der Waals surface area contributed by atoms with Crippen LogP contribution in [0.25, 0.3) is 10.6 Å². The highest BCUT2D eigenvalue weighted by Gasteiger charge is 2.15. The van der Waals surface area contributed by atoms with Crippen molar-refractivity contribution in [3.05, 3.63) is 23.3 Å². The zero-order valence-corrected chi connectivity index (χ0v) is 11.1. The van der Waals surface area contributed by atoms with Crippen LogP contribution in [0.4, 0.5) is 5.82 Å². The van der Waals surface area contributed by atoms with E-state index >= 15 is 0 Å². The summed E-state index contributed by atoms with van der Waals surface area (Å²) in [6, 6.07) is 3.70. The van der Waals surface area contributed by atoms with Crippen LogP contribution in [0.3, 0.4) is 0 Å². The van der Waals surface area contributed by atoms with Gasteiger partial charge in [-0.1, -0.05) is 32.1 Å². The smallest absolute Gasteiger partial charge is 0.149 e. The van der Waals surface area contributed by atoms with Crippen LogP contribution >= 0.6 is 11.3 Å². The van der Waals surface area contributed by atoms with Crippen molar-refractivity contribution < 1.29 is 0 Å². The monoisotopic (exact) mass is 248 g/mol. The fraction of sp³-hybridized carbons (Fsp3) is 0.417. The highest BCUT2D eigenvalue weighted by atomic mass is 32.1. The number of pyridine rings is 1. The fourth-order valence-electron chi connectivity index (χ4n) is 1.43. The van der Waals surface area contributed by atoms with Gasteiger partial charge in [-0.25, -0.2) is 4.98 Å². The Morgan fingerprint density at radius 2 is 2.00 bits per heavy atom. The number of nitrogens with zero attached hydrogens (tertiary/aromatic N) is 3. The second-order valence-corrected chi connectivity index (χ2v) is 6.27. The third kappa shape index (κ3) is 3.23. The molecule has 0 amide bonds. The zero-order chi connectivity index (χ0) is 12.5. The van der Waals surface area contributed by atoms with E-state index in [1.165, 1.54) is 0 Å². The molecule has 2 N–H and O–H groups in total. The Morgan fingerprint density at radius 1 is 1.24 bits per heavy atom. The molecule has 2 aromatic rings. The van der Waals surface area contributed by atoms with Crippen LogP contribution in [0.2, 0.25) is 0 Å². The van der Waals surface area contributed by atoms with Gasteiger partial charge < -0.3 is 5.73 Å². The predicted octanol–water partition coefficient (Wildman–Crippen LogP) is 2.77. The number of aromatic nitrogens is 3. The van der Waals surface area contributed by atoms with Crippen molar-refractivity contribution in [2.75, 3.05) is 5.73 Å². The lowest BCUT2D eigenvalue weighted by Crippen LogP contribution is -2.08. The zero-order valence-electron chi connectivity index (χ0n) is 10.3. The Morgan fingerprint density at radius 3 is 2.59 bits per heavy atom. The molecule has 0 aliphatic carbocycles. The normalized spacial score (nSPS) is 11.7. The molecule has 2 heterocycles. The Bertz CT molecular complexity index is 496. The summed E-state index contributed by atoms with van der Waals surface area (Å²) in [7, 11) is 0. The highest BCUT2D eigenvalue weighted by Crippen LogP contribution is 2.27. The maximum Gasteiger partial charge on any atom is 0.149 e. The topological polar surface area (TPSA) is 64.7 Å². The molecule has 0 atom stereocenters. The molecule has 0 fully saturated rings. The number of hydrogen-bond donors (Lipinski definition) is 1. The fourth-order valence-corrected chi connectivity index (χ4v) is 2.56. The molecule has 90 valence electrons. The molecule has 0 aliphatic rings. The van der Waals surface area contributed by atoms with Gasteiger partial charge in [-0.15, -0.1) is 10.2 Å². The molecular weight excluding hydrogens is 232 g/mol. The van der Waals surface area contributed by atoms with Crippen LogP contribution in [0, 0.1) is 5.41 Å². The summed E-state index contributed by atoms with van der Waals surface area (Å²) in [5.41, 5.74) is 6.75. The minimum atomic E-state index is 0.232. The minimum absolute atomic E-state index is 0.232. The van der Waals surface area contributed by atoms with E-state index in [2.05, 4.69) is 36.0 Å². The Labute approximate surface area is 105 Å². The molecule has 0 aliphatic heterocycles. The Hall–Kier alpha value is -1.49. The molecule has 0 radical (unpaired) electrons. The van der Waals surface area contributed by atoms with Gasteiger partial charge in [0.15, 0.2) is 0 Å². The van der Waals surface area contributed by atoms with E-state index in [0.29, 0.717) is 5.82 Å². The quantitative estimate of drug-likeness (QED) is 0.887. The van der Waals surface area contributed by atoms with Crippen molar-refractivity contribution >= 4 is 17.2 Å². The number of anilines is 1. The third-order valence-electron chi connectivity index (χ3n) is 2.18. The number of nitrogen functional groups attached to an aromatic ring is 1. The van der Waals surface area contributed by atoms with E-state index in [-0.39, 0.29) is 5.41 Å². The summed E-state index contributed by atoms with van der Waals surface area (Å²) in [6.07, 6.45) is 2.67. The Kier molecular flexibility index (Phi) is 3.11. The summed E-state index contributed by atoms with van der Waals surface area (Å²) < 4.78 is 0. The molecule has 0 aromatic carbocycles. The molecule has 17 heavy (non-hydrogen) atoms. The van der Waals surface area contributed by atoms with E-state index < -0.39 is 0 Å². The van der Waals surface area contributed by atoms with Gasteiger partial charge in [0.2, 0.25) is 0 Å². The lowest BCUT2D eigenvalue weighted by Gasteiger charge is -2.14. The van der Waals surface area contributed by atoms with Crippen LogP contribution in [0.1, 0.15) is 25.8 Å². The van der Waals surface area contributed by atoms with E-state index in [1.807, 2.05) is 6.07 Å². The van der Waals surface area contributed by atoms with Gasteiger partial charge in [0.25, 0.3) is 0 Å². The summed E-state index contributed by atoms with van der Waals surface area (Å²) >= 11 is 1.62. The summed E-state index contributed by atoms with van der Waals surface area (Å²) in [5.74, 6) is 0.521. The lowest BCUT2D eigenvalue weighted by molar-refractivity contribution is 0.409.